The summed E-state index contributed by atoms with van der Waals surface area (Å²) in [7, 11) is 0. The zero-order valence-electron chi connectivity index (χ0n) is 30.5. The second-order valence-corrected chi connectivity index (χ2v) is 17.8. The van der Waals surface area contributed by atoms with E-state index < -0.39 is 5.41 Å². The average Bonchev–Trinajstić information content (AvgIpc) is 3.97. The minimum Gasteiger partial charge on any atom is -0.135 e. The molecule has 2 heterocycles. The van der Waals surface area contributed by atoms with Crippen molar-refractivity contribution in [2.24, 2.45) is 0 Å². The zero-order chi connectivity index (χ0) is 38.1. The molecule has 4 heteroatoms. The van der Waals surface area contributed by atoms with Crippen molar-refractivity contribution in [1.82, 2.24) is 0 Å². The molecule has 10 aromatic rings. The lowest BCUT2D eigenvalue weighted by Crippen LogP contribution is -2.28. The summed E-state index contributed by atoms with van der Waals surface area (Å²) in [5.41, 5.74) is 14.0. The summed E-state index contributed by atoms with van der Waals surface area (Å²) in [6.45, 7) is 0. The first-order valence-electron chi connectivity index (χ1n) is 19.0. The molecule has 0 nitrogen and oxygen atoms in total. The van der Waals surface area contributed by atoms with Gasteiger partial charge in [-0.2, -0.15) is 0 Å². The molecule has 2 aromatic heterocycles. The fourth-order valence-corrected chi connectivity index (χ4v) is 11.1. The molecule has 0 fully saturated rings. The van der Waals surface area contributed by atoms with Gasteiger partial charge in [-0.25, -0.2) is 0 Å². The Morgan fingerprint density at radius 1 is 0.333 bits per heavy atom. The molecule has 0 bridgehead atoms. The summed E-state index contributed by atoms with van der Waals surface area (Å²) in [6, 6.07) is 71.0. The van der Waals surface area contributed by atoms with E-state index in [0.717, 1.165) is 32.3 Å². The van der Waals surface area contributed by atoms with Gasteiger partial charge in [0, 0.05) is 29.2 Å². The van der Waals surface area contributed by atoms with Crippen molar-refractivity contribution in [2.45, 2.75) is 5.41 Å². The lowest BCUT2D eigenvalue weighted by molar-refractivity contribution is 0.769. The topological polar surface area (TPSA) is 0 Å². The Hall–Kier alpha value is -5.74. The molecular formula is C53H32Cl2S2. The molecule has 0 amide bonds. The SMILES string of the molecule is Clc1ccc(-c2ccc(C3(c4ccc(-c5ccc(Cl)cc5)cc4)c4cc(-c5cc6ccccc6s5)ccc4-c4ccc(-c5cc6ccccc6s5)cc43)cc2)cc1. The number of hydrogen-bond donors (Lipinski definition) is 0. The Morgan fingerprint density at radius 3 is 1.07 bits per heavy atom. The minimum atomic E-state index is -0.610. The molecule has 0 unspecified atom stereocenters. The lowest BCUT2D eigenvalue weighted by atomic mass is 9.67. The predicted molar refractivity (Wildman–Crippen MR) is 246 cm³/mol. The maximum Gasteiger partial charge on any atom is 0.0714 e. The second-order valence-electron chi connectivity index (χ2n) is 14.7. The van der Waals surface area contributed by atoms with E-state index in [1.807, 2.05) is 46.9 Å². The fourth-order valence-electron chi connectivity index (χ4n) is 8.78. The molecule has 270 valence electrons. The van der Waals surface area contributed by atoms with Crippen molar-refractivity contribution in [1.29, 1.82) is 0 Å². The number of thiophene rings is 2. The standard InChI is InChI=1S/C53H32Cl2S2/c54-43-23-13-35(14-24-43)33-9-19-41(20-10-33)53(42-21-11-34(12-22-42)36-15-25-44(55)26-16-36)47-29-39(51-31-37-5-1-3-7-49(37)56-51)17-27-45(47)46-28-18-40(30-48(46)53)52-32-38-6-2-4-8-50(38)57-52/h1-32H. The minimum absolute atomic E-state index is 0.610. The van der Waals surface area contributed by atoms with Gasteiger partial charge in [0.25, 0.3) is 0 Å². The van der Waals surface area contributed by atoms with Gasteiger partial charge in [0.2, 0.25) is 0 Å². The Kier molecular flexibility index (Phi) is 8.31. The molecule has 0 spiro atoms. The van der Waals surface area contributed by atoms with Crippen molar-refractivity contribution in [3.63, 3.8) is 0 Å². The van der Waals surface area contributed by atoms with Crippen LogP contribution in [0.5, 0.6) is 0 Å². The molecule has 11 rings (SSSR count). The van der Waals surface area contributed by atoms with Gasteiger partial charge >= 0.3 is 0 Å². The summed E-state index contributed by atoms with van der Waals surface area (Å²) < 4.78 is 2.59. The molecule has 0 aliphatic heterocycles. The monoisotopic (exact) mass is 802 g/mol. The largest absolute Gasteiger partial charge is 0.135 e. The van der Waals surface area contributed by atoms with Crippen LogP contribution < -0.4 is 0 Å². The zero-order valence-corrected chi connectivity index (χ0v) is 33.7. The number of fused-ring (bicyclic) bond motifs is 5. The van der Waals surface area contributed by atoms with Crippen molar-refractivity contribution < 1.29 is 0 Å². The average molecular weight is 804 g/mol. The maximum absolute atomic E-state index is 6.30. The molecule has 0 radical (unpaired) electrons. The molecule has 0 N–H and O–H groups in total. The maximum atomic E-state index is 6.30. The van der Waals surface area contributed by atoms with E-state index in [9.17, 15) is 0 Å². The Morgan fingerprint density at radius 2 is 0.684 bits per heavy atom. The number of hydrogen-bond acceptors (Lipinski definition) is 2. The van der Waals surface area contributed by atoms with Crippen LogP contribution in [0.25, 0.3) is 74.4 Å². The van der Waals surface area contributed by atoms with Gasteiger partial charge in [0.1, 0.15) is 0 Å². The first-order chi connectivity index (χ1) is 28.0. The van der Waals surface area contributed by atoms with Gasteiger partial charge in [-0.1, -0.05) is 157 Å². The van der Waals surface area contributed by atoms with Crippen molar-refractivity contribution in [3.8, 4) is 54.3 Å². The van der Waals surface area contributed by atoms with Crippen LogP contribution >= 0.6 is 45.9 Å². The molecular weight excluding hydrogens is 772 g/mol. The lowest BCUT2D eigenvalue weighted by Gasteiger charge is -2.34. The van der Waals surface area contributed by atoms with E-state index in [1.165, 1.54) is 74.4 Å². The molecule has 57 heavy (non-hydrogen) atoms. The van der Waals surface area contributed by atoms with Crippen LogP contribution in [0.3, 0.4) is 0 Å². The second kappa shape index (κ2) is 13.7. The van der Waals surface area contributed by atoms with Gasteiger partial charge in [0.15, 0.2) is 0 Å². The van der Waals surface area contributed by atoms with Crippen LogP contribution in [-0.2, 0) is 5.41 Å². The molecule has 1 aliphatic rings. The Labute approximate surface area is 349 Å². The van der Waals surface area contributed by atoms with Crippen molar-refractivity contribution in [3.05, 3.63) is 226 Å². The third-order valence-electron chi connectivity index (χ3n) is 11.5. The van der Waals surface area contributed by atoms with E-state index in [0.29, 0.717) is 0 Å². The highest BCUT2D eigenvalue weighted by Crippen LogP contribution is 2.58. The first kappa shape index (κ1) is 34.5. The van der Waals surface area contributed by atoms with Gasteiger partial charge in [-0.05, 0) is 138 Å². The highest BCUT2D eigenvalue weighted by Gasteiger charge is 2.46. The van der Waals surface area contributed by atoms with E-state index in [4.69, 9.17) is 23.2 Å². The Balaban J connectivity index is 1.18. The van der Waals surface area contributed by atoms with Gasteiger partial charge in [-0.15, -0.1) is 22.7 Å². The van der Waals surface area contributed by atoms with Gasteiger partial charge in [-0.3, -0.25) is 0 Å². The Bertz CT molecular complexity index is 2830. The van der Waals surface area contributed by atoms with E-state index in [2.05, 4.69) is 170 Å². The van der Waals surface area contributed by atoms with Gasteiger partial charge in [0.05, 0.1) is 5.41 Å². The van der Waals surface area contributed by atoms with E-state index in [-0.39, 0.29) is 0 Å². The quantitative estimate of drug-likeness (QED) is 0.157. The predicted octanol–water partition coefficient (Wildman–Crippen LogP) is 16.5. The number of rotatable bonds is 6. The van der Waals surface area contributed by atoms with Crippen LogP contribution in [0.2, 0.25) is 10.0 Å². The highest BCUT2D eigenvalue weighted by atomic mass is 35.5. The smallest absolute Gasteiger partial charge is 0.0714 e. The summed E-state index contributed by atoms with van der Waals surface area (Å²) in [4.78, 5) is 2.54. The molecule has 8 aromatic carbocycles. The van der Waals surface area contributed by atoms with Crippen molar-refractivity contribution >= 4 is 66.0 Å². The molecule has 1 aliphatic carbocycles. The normalized spacial score (nSPS) is 12.9. The van der Waals surface area contributed by atoms with Crippen LogP contribution in [-0.4, -0.2) is 0 Å². The highest BCUT2D eigenvalue weighted by molar-refractivity contribution is 7.22. The van der Waals surface area contributed by atoms with E-state index >= 15 is 0 Å². The molecule has 0 saturated heterocycles. The van der Waals surface area contributed by atoms with Crippen LogP contribution in [0.1, 0.15) is 22.3 Å². The summed E-state index contributed by atoms with van der Waals surface area (Å²) in [5, 5.41) is 4.02. The summed E-state index contributed by atoms with van der Waals surface area (Å²) in [5.74, 6) is 0. The van der Waals surface area contributed by atoms with E-state index in [1.54, 1.807) is 0 Å². The summed E-state index contributed by atoms with van der Waals surface area (Å²) in [6.07, 6.45) is 0. The first-order valence-corrected chi connectivity index (χ1v) is 21.4. The third kappa shape index (κ3) is 5.78. The van der Waals surface area contributed by atoms with Gasteiger partial charge < -0.3 is 0 Å². The van der Waals surface area contributed by atoms with Crippen molar-refractivity contribution in [2.75, 3.05) is 0 Å². The van der Waals surface area contributed by atoms with Crippen LogP contribution in [0.15, 0.2) is 194 Å². The number of benzene rings is 8. The third-order valence-corrected chi connectivity index (χ3v) is 14.4. The number of halogens is 2. The van der Waals surface area contributed by atoms with Crippen LogP contribution in [0.4, 0.5) is 0 Å². The molecule has 0 atom stereocenters. The molecule has 0 saturated carbocycles. The van der Waals surface area contributed by atoms with Crippen LogP contribution in [0, 0.1) is 0 Å². The fraction of sp³-hybridized carbons (Fsp3) is 0.0189. The summed E-state index contributed by atoms with van der Waals surface area (Å²) >= 11 is 16.3.